The number of carbonyl (C=O) groups excluding carboxylic acids is 2. The summed E-state index contributed by atoms with van der Waals surface area (Å²) in [7, 11) is 5.18. The standard InChI is InChI=1S/C37H67NO13/c1-14-25-37(10,45)30(41)20(4)27(39)18(2)16-35(8,44)32(51-34-28(40)24(38(11)12)15-19(3)47-34)21(5)29(22(6)33(43)49-25)50-26-17-36(9,46-13)31(42)23(7)48-26/h18-26,28-32,34,40-42,44-45H,14-17H2,1-13H3/t18-,19?,20+,21+,22-,23?,24?,25-,26+,28?,29+,30-,31+,32-,34+,35?,36?,37-/m1/s1. The van der Waals surface area contributed by atoms with E-state index in [9.17, 15) is 35.1 Å². The molecule has 0 bridgehead atoms. The molecule has 6 unspecified atom stereocenters. The third-order valence-corrected chi connectivity index (χ3v) is 11.8. The summed E-state index contributed by atoms with van der Waals surface area (Å²) < 4.78 is 37.1. The molecule has 3 aliphatic heterocycles. The van der Waals surface area contributed by atoms with E-state index in [0.717, 1.165) is 0 Å². The molecule has 3 aliphatic rings. The molecule has 298 valence electrons. The molecule has 0 aromatic rings. The highest BCUT2D eigenvalue weighted by Crippen LogP contribution is 2.40. The number of Topliss-reactive ketones (excluding diaryl/α,β-unsaturated/α-hetero) is 1. The van der Waals surface area contributed by atoms with Crippen molar-refractivity contribution in [3.8, 4) is 0 Å². The van der Waals surface area contributed by atoms with Crippen LogP contribution >= 0.6 is 0 Å². The minimum absolute atomic E-state index is 0.0936. The molecule has 0 radical (unpaired) electrons. The third-order valence-electron chi connectivity index (χ3n) is 11.8. The number of ether oxygens (including phenoxy) is 6. The SMILES string of the molecule is CC[C@H]1OC(=O)[C@H](C)[C@@H](O[C@H]2CC(C)(OC)[C@@H](O)C(C)O2)[C@H](C)[C@@H](O[C@@H]2OC(C)CC(N(C)C)C2O)C(C)(O)C[C@@H](C)C(=O)[C@H](C)[C@@H](O)[C@]1(C)O. The number of nitrogens with zero attached hydrogens (tertiary/aromatic N) is 1. The fourth-order valence-electron chi connectivity index (χ4n) is 8.41. The Balaban J connectivity index is 2.18. The first-order chi connectivity index (χ1) is 23.4. The second-order valence-corrected chi connectivity index (χ2v) is 16.5. The van der Waals surface area contributed by atoms with Crippen molar-refractivity contribution < 1.29 is 63.5 Å². The first-order valence-electron chi connectivity index (χ1n) is 18.5. The van der Waals surface area contributed by atoms with E-state index >= 15 is 0 Å². The van der Waals surface area contributed by atoms with E-state index < -0.39 is 108 Å². The summed E-state index contributed by atoms with van der Waals surface area (Å²) in [5.74, 6) is -4.98. The van der Waals surface area contributed by atoms with Gasteiger partial charge in [0.15, 0.2) is 12.6 Å². The first kappa shape index (κ1) is 44.1. The van der Waals surface area contributed by atoms with Crippen molar-refractivity contribution in [2.24, 2.45) is 23.7 Å². The summed E-state index contributed by atoms with van der Waals surface area (Å²) in [5.41, 5.74) is -4.84. The van der Waals surface area contributed by atoms with Gasteiger partial charge in [-0.1, -0.05) is 27.7 Å². The molecule has 0 amide bonds. The van der Waals surface area contributed by atoms with Crippen LogP contribution in [0.3, 0.4) is 0 Å². The maximum Gasteiger partial charge on any atom is 0.311 e. The van der Waals surface area contributed by atoms with Crippen molar-refractivity contribution in [2.45, 2.75) is 179 Å². The minimum Gasteiger partial charge on any atom is -0.459 e. The number of hydrogen-bond acceptors (Lipinski definition) is 14. The Morgan fingerprint density at radius 3 is 2.04 bits per heavy atom. The quantitative estimate of drug-likeness (QED) is 0.238. The Hall–Kier alpha value is -1.30. The van der Waals surface area contributed by atoms with Gasteiger partial charge in [0.2, 0.25) is 0 Å². The molecule has 0 saturated carbocycles. The van der Waals surface area contributed by atoms with Crippen LogP contribution in [0.1, 0.15) is 94.9 Å². The molecule has 3 rings (SSSR count). The summed E-state index contributed by atoms with van der Waals surface area (Å²) in [6.45, 7) is 16.3. The lowest BCUT2D eigenvalue weighted by Gasteiger charge is -2.49. The minimum atomic E-state index is -1.99. The molecule has 0 spiro atoms. The Labute approximate surface area is 304 Å². The second-order valence-electron chi connectivity index (χ2n) is 16.5. The summed E-state index contributed by atoms with van der Waals surface area (Å²) >= 11 is 0. The number of hydrogen-bond donors (Lipinski definition) is 5. The average Bonchev–Trinajstić information content (AvgIpc) is 3.05. The highest BCUT2D eigenvalue weighted by Gasteiger charge is 2.53. The molecule has 0 aromatic carbocycles. The van der Waals surface area contributed by atoms with Crippen LogP contribution in [0.5, 0.6) is 0 Å². The van der Waals surface area contributed by atoms with E-state index in [4.69, 9.17) is 28.4 Å². The van der Waals surface area contributed by atoms with E-state index in [1.54, 1.807) is 41.5 Å². The van der Waals surface area contributed by atoms with E-state index in [1.807, 2.05) is 25.9 Å². The molecule has 3 heterocycles. The molecular formula is C37H67NO13. The van der Waals surface area contributed by atoms with Crippen LogP contribution in [0.2, 0.25) is 0 Å². The average molecular weight is 734 g/mol. The number of methoxy groups -OCH3 is 1. The predicted octanol–water partition coefficient (Wildman–Crippen LogP) is 1.79. The van der Waals surface area contributed by atoms with Crippen LogP contribution in [0.15, 0.2) is 0 Å². The van der Waals surface area contributed by atoms with Gasteiger partial charge in [-0.15, -0.1) is 0 Å². The van der Waals surface area contributed by atoms with Gasteiger partial charge in [0.25, 0.3) is 0 Å². The van der Waals surface area contributed by atoms with E-state index in [0.29, 0.717) is 6.42 Å². The smallest absolute Gasteiger partial charge is 0.311 e. The molecule has 0 aromatic heterocycles. The number of ketones is 1. The zero-order valence-electron chi connectivity index (χ0n) is 32.9. The van der Waals surface area contributed by atoms with Gasteiger partial charge in [-0.25, -0.2) is 0 Å². The number of likely N-dealkylation sites (N-methyl/N-ethyl adjacent to an activating group) is 1. The normalized spacial score (nSPS) is 49.7. The highest BCUT2D eigenvalue weighted by molar-refractivity contribution is 5.83. The zero-order valence-corrected chi connectivity index (χ0v) is 32.9. The van der Waals surface area contributed by atoms with Gasteiger partial charge < -0.3 is 58.9 Å². The summed E-state index contributed by atoms with van der Waals surface area (Å²) in [4.78, 5) is 29.8. The van der Waals surface area contributed by atoms with Crippen LogP contribution in [0.4, 0.5) is 0 Å². The number of aliphatic hydroxyl groups excluding tert-OH is 3. The first-order valence-corrected chi connectivity index (χ1v) is 18.5. The van der Waals surface area contributed by atoms with Crippen molar-refractivity contribution >= 4 is 11.8 Å². The fraction of sp³-hybridized carbons (Fsp3) is 0.946. The van der Waals surface area contributed by atoms with Crippen LogP contribution < -0.4 is 0 Å². The van der Waals surface area contributed by atoms with Crippen molar-refractivity contribution in [2.75, 3.05) is 21.2 Å². The largest absolute Gasteiger partial charge is 0.459 e. The maximum absolute atomic E-state index is 14.1. The van der Waals surface area contributed by atoms with Crippen LogP contribution in [-0.4, -0.2) is 148 Å². The molecule has 51 heavy (non-hydrogen) atoms. The highest BCUT2D eigenvalue weighted by atomic mass is 16.7. The lowest BCUT2D eigenvalue weighted by molar-refractivity contribution is -0.318. The molecule has 0 aliphatic carbocycles. The number of aliphatic hydroxyl groups is 5. The Morgan fingerprint density at radius 2 is 1.49 bits per heavy atom. The van der Waals surface area contributed by atoms with Crippen molar-refractivity contribution in [1.29, 1.82) is 0 Å². The Kier molecular flexibility index (Phi) is 14.7. The van der Waals surface area contributed by atoms with E-state index in [-0.39, 0.29) is 31.4 Å². The van der Waals surface area contributed by atoms with Gasteiger partial charge in [0.1, 0.15) is 29.7 Å². The van der Waals surface area contributed by atoms with E-state index in [2.05, 4.69) is 0 Å². The van der Waals surface area contributed by atoms with Gasteiger partial charge in [-0.3, -0.25) is 9.59 Å². The summed E-state index contributed by atoms with van der Waals surface area (Å²) in [6.07, 6.45) is -9.71. The second kappa shape index (κ2) is 17.0. The topological polar surface area (TPSA) is 194 Å². The van der Waals surface area contributed by atoms with Crippen LogP contribution in [0, 0.1) is 23.7 Å². The summed E-state index contributed by atoms with van der Waals surface area (Å²) in [5, 5.41) is 57.6. The van der Waals surface area contributed by atoms with Crippen molar-refractivity contribution in [3.05, 3.63) is 0 Å². The maximum atomic E-state index is 14.1. The van der Waals surface area contributed by atoms with Gasteiger partial charge >= 0.3 is 5.97 Å². The van der Waals surface area contributed by atoms with Gasteiger partial charge in [-0.2, -0.15) is 0 Å². The van der Waals surface area contributed by atoms with Gasteiger partial charge in [-0.05, 0) is 74.9 Å². The monoisotopic (exact) mass is 733 g/mol. The number of rotatable bonds is 7. The van der Waals surface area contributed by atoms with Crippen molar-refractivity contribution in [1.82, 2.24) is 4.90 Å². The molecule has 14 nitrogen and oxygen atoms in total. The third kappa shape index (κ3) is 9.51. The zero-order chi connectivity index (χ0) is 39.0. The van der Waals surface area contributed by atoms with Crippen LogP contribution in [0.25, 0.3) is 0 Å². The molecule has 3 fully saturated rings. The molecule has 18 atom stereocenters. The Bertz CT molecular complexity index is 1170. The number of esters is 1. The lowest BCUT2D eigenvalue weighted by atomic mass is 9.74. The Morgan fingerprint density at radius 1 is 0.882 bits per heavy atom. The van der Waals surface area contributed by atoms with Gasteiger partial charge in [0, 0.05) is 37.3 Å². The van der Waals surface area contributed by atoms with Crippen molar-refractivity contribution in [3.63, 3.8) is 0 Å². The van der Waals surface area contributed by atoms with E-state index in [1.165, 1.54) is 27.9 Å². The predicted molar refractivity (Wildman–Crippen MR) is 186 cm³/mol. The number of cyclic esters (lactones) is 1. The molecular weight excluding hydrogens is 666 g/mol. The van der Waals surface area contributed by atoms with Gasteiger partial charge in [0.05, 0.1) is 47.6 Å². The van der Waals surface area contributed by atoms with Crippen LogP contribution in [-0.2, 0) is 38.0 Å². The number of carbonyl (C=O) groups is 2. The molecule has 14 heteroatoms. The molecule has 3 saturated heterocycles. The fourth-order valence-corrected chi connectivity index (χ4v) is 8.41. The lowest BCUT2D eigenvalue weighted by Crippen LogP contribution is -2.61. The molecule has 5 N–H and O–H groups in total. The summed E-state index contributed by atoms with van der Waals surface area (Å²) in [6, 6.07) is -0.324.